The Morgan fingerprint density at radius 1 is 1.29 bits per heavy atom. The summed E-state index contributed by atoms with van der Waals surface area (Å²) in [4.78, 5) is 11.9. The maximum atomic E-state index is 11.9. The zero-order valence-corrected chi connectivity index (χ0v) is 12.5. The van der Waals surface area contributed by atoms with Crippen LogP contribution in [0.3, 0.4) is 0 Å². The summed E-state index contributed by atoms with van der Waals surface area (Å²) in [6.07, 6.45) is 2.39. The van der Waals surface area contributed by atoms with Crippen LogP contribution in [0.5, 0.6) is 11.5 Å². The van der Waals surface area contributed by atoms with E-state index in [1.54, 1.807) is 32.4 Å². The molecule has 0 aliphatic carbocycles. The van der Waals surface area contributed by atoms with Gasteiger partial charge in [-0.2, -0.15) is 0 Å². The third kappa shape index (κ3) is 4.91. The van der Waals surface area contributed by atoms with Gasteiger partial charge in [0.25, 0.3) is 0 Å². The average molecular weight is 294 g/mol. The van der Waals surface area contributed by atoms with E-state index in [2.05, 4.69) is 10.6 Å². The van der Waals surface area contributed by atoms with Crippen molar-refractivity contribution in [3.05, 3.63) is 18.2 Å². The van der Waals surface area contributed by atoms with E-state index in [0.29, 0.717) is 23.7 Å². The number of nitrogens with one attached hydrogen (secondary N) is 2. The fourth-order valence-electron chi connectivity index (χ4n) is 2.24. The van der Waals surface area contributed by atoms with Crippen molar-refractivity contribution in [2.45, 2.75) is 18.9 Å². The molecule has 1 saturated heterocycles. The van der Waals surface area contributed by atoms with Crippen molar-refractivity contribution in [3.63, 3.8) is 0 Å². The molecule has 6 nitrogen and oxygen atoms in total. The first-order valence-electron chi connectivity index (χ1n) is 7.06. The lowest BCUT2D eigenvalue weighted by Gasteiger charge is -2.12. The monoisotopic (exact) mass is 294 g/mol. The van der Waals surface area contributed by atoms with Crippen molar-refractivity contribution in [3.8, 4) is 11.5 Å². The van der Waals surface area contributed by atoms with Crippen LogP contribution in [0.15, 0.2) is 18.2 Å². The highest BCUT2D eigenvalue weighted by atomic mass is 16.5. The molecule has 2 rings (SSSR count). The SMILES string of the molecule is COc1cc(NC(=O)CNC[C@@H]2CCCO2)cc(OC)c1. The Labute approximate surface area is 124 Å². The first-order chi connectivity index (χ1) is 10.2. The van der Waals surface area contributed by atoms with Crippen molar-refractivity contribution in [1.29, 1.82) is 0 Å². The highest BCUT2D eigenvalue weighted by Crippen LogP contribution is 2.25. The summed E-state index contributed by atoms with van der Waals surface area (Å²) in [5.74, 6) is 1.16. The van der Waals surface area contributed by atoms with E-state index in [0.717, 1.165) is 19.4 Å². The van der Waals surface area contributed by atoms with Gasteiger partial charge < -0.3 is 24.8 Å². The molecule has 0 bridgehead atoms. The van der Waals surface area contributed by atoms with Crippen molar-refractivity contribution in [2.75, 3.05) is 39.2 Å². The van der Waals surface area contributed by atoms with Gasteiger partial charge in [-0.1, -0.05) is 0 Å². The molecule has 0 spiro atoms. The predicted octanol–water partition coefficient (Wildman–Crippen LogP) is 1.41. The Hall–Kier alpha value is -1.79. The second kappa shape index (κ2) is 7.85. The topological polar surface area (TPSA) is 68.8 Å². The zero-order valence-electron chi connectivity index (χ0n) is 12.5. The third-order valence-electron chi connectivity index (χ3n) is 3.32. The molecule has 1 aliphatic rings. The maximum absolute atomic E-state index is 11.9. The van der Waals surface area contributed by atoms with Crippen LogP contribution >= 0.6 is 0 Å². The lowest BCUT2D eigenvalue weighted by Crippen LogP contribution is -2.33. The number of anilines is 1. The van der Waals surface area contributed by atoms with E-state index in [-0.39, 0.29) is 18.6 Å². The molecule has 0 radical (unpaired) electrons. The summed E-state index contributed by atoms with van der Waals surface area (Å²) in [6, 6.07) is 5.26. The summed E-state index contributed by atoms with van der Waals surface area (Å²) in [6.45, 7) is 1.77. The van der Waals surface area contributed by atoms with E-state index in [9.17, 15) is 4.79 Å². The number of benzene rings is 1. The van der Waals surface area contributed by atoms with E-state index in [1.807, 2.05) is 0 Å². The molecule has 0 saturated carbocycles. The number of rotatable bonds is 7. The lowest BCUT2D eigenvalue weighted by molar-refractivity contribution is -0.115. The van der Waals surface area contributed by atoms with E-state index in [4.69, 9.17) is 14.2 Å². The van der Waals surface area contributed by atoms with Crippen molar-refractivity contribution < 1.29 is 19.0 Å². The van der Waals surface area contributed by atoms with E-state index in [1.165, 1.54) is 0 Å². The van der Waals surface area contributed by atoms with Gasteiger partial charge in [0.2, 0.25) is 5.91 Å². The van der Waals surface area contributed by atoms with Crippen LogP contribution in [0.2, 0.25) is 0 Å². The Bertz CT molecular complexity index is 450. The van der Waals surface area contributed by atoms with Crippen molar-refractivity contribution >= 4 is 11.6 Å². The Morgan fingerprint density at radius 2 is 2.00 bits per heavy atom. The minimum atomic E-state index is -0.108. The minimum Gasteiger partial charge on any atom is -0.497 e. The fraction of sp³-hybridized carbons (Fsp3) is 0.533. The fourth-order valence-corrected chi connectivity index (χ4v) is 2.24. The van der Waals surface area contributed by atoms with Crippen LogP contribution in [0.4, 0.5) is 5.69 Å². The Balaban J connectivity index is 1.81. The number of methoxy groups -OCH3 is 2. The minimum absolute atomic E-state index is 0.108. The Morgan fingerprint density at radius 3 is 2.57 bits per heavy atom. The molecule has 1 aromatic carbocycles. The molecule has 2 N–H and O–H groups in total. The highest BCUT2D eigenvalue weighted by molar-refractivity contribution is 5.92. The van der Waals surface area contributed by atoms with Crippen LogP contribution in [-0.2, 0) is 9.53 Å². The van der Waals surface area contributed by atoms with Gasteiger partial charge in [0.1, 0.15) is 11.5 Å². The average Bonchev–Trinajstić information content (AvgIpc) is 3.00. The number of hydrogen-bond donors (Lipinski definition) is 2. The smallest absolute Gasteiger partial charge is 0.238 e. The van der Waals surface area contributed by atoms with Crippen LogP contribution in [-0.4, -0.2) is 45.9 Å². The first-order valence-corrected chi connectivity index (χ1v) is 7.06. The van der Waals surface area contributed by atoms with Crippen LogP contribution in [0, 0.1) is 0 Å². The molecule has 1 heterocycles. The largest absolute Gasteiger partial charge is 0.497 e. The van der Waals surface area contributed by atoms with E-state index >= 15 is 0 Å². The molecule has 1 aromatic rings. The van der Waals surface area contributed by atoms with Gasteiger partial charge in [0.15, 0.2) is 0 Å². The normalized spacial score (nSPS) is 17.5. The molecular weight excluding hydrogens is 272 g/mol. The highest BCUT2D eigenvalue weighted by Gasteiger charge is 2.15. The second-order valence-electron chi connectivity index (χ2n) is 4.92. The van der Waals surface area contributed by atoms with Crippen molar-refractivity contribution in [1.82, 2.24) is 5.32 Å². The quantitative estimate of drug-likeness (QED) is 0.796. The van der Waals surface area contributed by atoms with Gasteiger partial charge in [0.05, 0.1) is 26.9 Å². The number of amides is 1. The van der Waals surface area contributed by atoms with Gasteiger partial charge in [-0.3, -0.25) is 4.79 Å². The second-order valence-corrected chi connectivity index (χ2v) is 4.92. The molecule has 116 valence electrons. The first kappa shape index (κ1) is 15.6. The van der Waals surface area contributed by atoms with Gasteiger partial charge in [0, 0.05) is 37.0 Å². The molecular formula is C15H22N2O4. The van der Waals surface area contributed by atoms with Gasteiger partial charge in [-0.15, -0.1) is 0 Å². The molecule has 1 aliphatic heterocycles. The van der Waals surface area contributed by atoms with Crippen LogP contribution in [0.1, 0.15) is 12.8 Å². The number of carbonyl (C=O) groups is 1. The van der Waals surface area contributed by atoms with Crippen molar-refractivity contribution in [2.24, 2.45) is 0 Å². The van der Waals surface area contributed by atoms with Gasteiger partial charge >= 0.3 is 0 Å². The number of carbonyl (C=O) groups excluding carboxylic acids is 1. The van der Waals surface area contributed by atoms with Crippen LogP contribution < -0.4 is 20.1 Å². The maximum Gasteiger partial charge on any atom is 0.238 e. The molecule has 1 amide bonds. The number of ether oxygens (including phenoxy) is 3. The molecule has 1 atom stereocenters. The molecule has 21 heavy (non-hydrogen) atoms. The Kier molecular flexibility index (Phi) is 5.83. The predicted molar refractivity (Wildman–Crippen MR) is 80.0 cm³/mol. The zero-order chi connectivity index (χ0) is 15.1. The molecule has 0 unspecified atom stereocenters. The summed E-state index contributed by atoms with van der Waals surface area (Å²) in [7, 11) is 3.15. The van der Waals surface area contributed by atoms with E-state index < -0.39 is 0 Å². The third-order valence-corrected chi connectivity index (χ3v) is 3.32. The summed E-state index contributed by atoms with van der Waals surface area (Å²) in [5.41, 5.74) is 0.648. The summed E-state index contributed by atoms with van der Waals surface area (Å²) in [5, 5.41) is 5.92. The molecule has 1 fully saturated rings. The van der Waals surface area contributed by atoms with Gasteiger partial charge in [-0.05, 0) is 12.8 Å². The van der Waals surface area contributed by atoms with Crippen LogP contribution in [0.25, 0.3) is 0 Å². The lowest BCUT2D eigenvalue weighted by atomic mass is 10.2. The molecule has 0 aromatic heterocycles. The summed E-state index contributed by atoms with van der Waals surface area (Å²) < 4.78 is 15.8. The summed E-state index contributed by atoms with van der Waals surface area (Å²) >= 11 is 0. The van der Waals surface area contributed by atoms with Gasteiger partial charge in [-0.25, -0.2) is 0 Å². The standard InChI is InChI=1S/C15H22N2O4/c1-19-13-6-11(7-14(8-13)20-2)17-15(18)10-16-9-12-4-3-5-21-12/h6-8,12,16H,3-5,9-10H2,1-2H3,(H,17,18)/t12-/m0/s1. The molecule has 6 heteroatoms. The number of hydrogen-bond acceptors (Lipinski definition) is 5.